The van der Waals surface area contributed by atoms with E-state index in [2.05, 4.69) is 17.4 Å². The number of aryl methyl sites for hydroxylation is 1. The second-order valence-corrected chi connectivity index (χ2v) is 8.84. The monoisotopic (exact) mass is 475 g/mol. The van der Waals surface area contributed by atoms with E-state index in [0.717, 1.165) is 23.0 Å². The highest BCUT2D eigenvalue weighted by molar-refractivity contribution is 6.30. The smallest absolute Gasteiger partial charge is 0.332 e. The van der Waals surface area contributed by atoms with Gasteiger partial charge in [0.05, 0.1) is 17.4 Å². The van der Waals surface area contributed by atoms with Crippen LogP contribution in [0.2, 0.25) is 5.02 Å². The van der Waals surface area contributed by atoms with Gasteiger partial charge in [0.25, 0.3) is 5.56 Å². The average molecular weight is 476 g/mol. The van der Waals surface area contributed by atoms with Crippen LogP contribution in [0.4, 0.5) is 0 Å². The van der Waals surface area contributed by atoms with Crippen LogP contribution in [0, 0.1) is 0 Å². The average Bonchev–Trinajstić information content (AvgIpc) is 2.84. The Morgan fingerprint density at radius 3 is 2.38 bits per heavy atom. The van der Waals surface area contributed by atoms with Crippen molar-refractivity contribution in [2.45, 2.75) is 38.9 Å². The van der Waals surface area contributed by atoms with Crippen molar-refractivity contribution in [3.8, 4) is 0 Å². The summed E-state index contributed by atoms with van der Waals surface area (Å²) in [5, 5.41) is 3.89. The van der Waals surface area contributed by atoms with Gasteiger partial charge < -0.3 is 5.32 Å². The van der Waals surface area contributed by atoms with Crippen molar-refractivity contribution in [3.63, 3.8) is 0 Å². The zero-order valence-electron chi connectivity index (χ0n) is 18.9. The van der Waals surface area contributed by atoms with Gasteiger partial charge in [-0.25, -0.2) is 4.79 Å². The van der Waals surface area contributed by atoms with E-state index in [0.29, 0.717) is 15.9 Å². The minimum absolute atomic E-state index is 0.0629. The normalized spacial score (nSPS) is 11.9. The van der Waals surface area contributed by atoms with Crippen LogP contribution in [0.25, 0.3) is 10.9 Å². The van der Waals surface area contributed by atoms with E-state index in [1.807, 2.05) is 25.1 Å². The first-order valence-corrected chi connectivity index (χ1v) is 11.6. The number of nitrogens with zero attached hydrogens (tertiary/aromatic N) is 2. The molecule has 0 aliphatic heterocycles. The van der Waals surface area contributed by atoms with Gasteiger partial charge in [-0.1, -0.05) is 66.2 Å². The number of hydrogen-bond acceptors (Lipinski definition) is 3. The molecule has 4 rings (SSSR count). The minimum Gasteiger partial charge on any atom is -0.352 e. The van der Waals surface area contributed by atoms with Crippen LogP contribution in [0.1, 0.15) is 24.5 Å². The maximum atomic E-state index is 13.3. The maximum absolute atomic E-state index is 13.3. The minimum atomic E-state index is -0.532. The molecule has 0 aliphatic rings. The Balaban J connectivity index is 1.58. The van der Waals surface area contributed by atoms with E-state index < -0.39 is 11.2 Å². The fraction of sp³-hybridized carbons (Fsp3) is 0.222. The number of halogens is 1. The second-order valence-electron chi connectivity index (χ2n) is 8.40. The number of fused-ring (bicyclic) bond motifs is 1. The molecule has 0 aliphatic carbocycles. The number of nitrogens with one attached hydrogen (secondary N) is 1. The van der Waals surface area contributed by atoms with Crippen molar-refractivity contribution < 1.29 is 4.79 Å². The van der Waals surface area contributed by atoms with Crippen molar-refractivity contribution in [1.29, 1.82) is 0 Å². The Morgan fingerprint density at radius 1 is 0.912 bits per heavy atom. The van der Waals surface area contributed by atoms with Crippen molar-refractivity contribution in [2.24, 2.45) is 0 Å². The van der Waals surface area contributed by atoms with E-state index in [4.69, 9.17) is 11.6 Å². The first-order chi connectivity index (χ1) is 16.4. The van der Waals surface area contributed by atoms with E-state index >= 15 is 0 Å². The molecule has 7 heteroatoms. The van der Waals surface area contributed by atoms with Crippen LogP contribution < -0.4 is 16.6 Å². The van der Waals surface area contributed by atoms with Crippen molar-refractivity contribution in [3.05, 3.63) is 116 Å². The third kappa shape index (κ3) is 5.46. The van der Waals surface area contributed by atoms with Crippen LogP contribution in [0.3, 0.4) is 0 Å². The van der Waals surface area contributed by atoms with Gasteiger partial charge in [-0.3, -0.25) is 18.7 Å². The van der Waals surface area contributed by atoms with Crippen LogP contribution in [-0.4, -0.2) is 21.1 Å². The maximum Gasteiger partial charge on any atom is 0.332 e. The standard InChI is InChI=1S/C27H26ClN3O3/c1-19(14-15-20-8-3-2-4-9-20)29-25(32)18-30-24-13-6-5-12-23(24)26(33)31(27(30)34)17-21-10-7-11-22(28)16-21/h2-13,16,19H,14-15,17-18H2,1H3,(H,29,32)/t19-/m1/s1. The fourth-order valence-electron chi connectivity index (χ4n) is 4.05. The highest BCUT2D eigenvalue weighted by Gasteiger charge is 2.16. The SMILES string of the molecule is C[C@H](CCc1ccccc1)NC(=O)Cn1c(=O)n(Cc2cccc(Cl)c2)c(=O)c2ccccc21. The summed E-state index contributed by atoms with van der Waals surface area (Å²) in [6.45, 7) is 1.84. The zero-order valence-corrected chi connectivity index (χ0v) is 19.7. The molecule has 6 nitrogen and oxygen atoms in total. The Bertz CT molecular complexity index is 1430. The number of aromatic nitrogens is 2. The third-order valence-corrected chi connectivity index (χ3v) is 6.01. The summed E-state index contributed by atoms with van der Waals surface area (Å²) in [7, 11) is 0. The predicted molar refractivity (Wildman–Crippen MR) is 135 cm³/mol. The summed E-state index contributed by atoms with van der Waals surface area (Å²) in [5.41, 5.74) is 1.45. The van der Waals surface area contributed by atoms with Crippen LogP contribution in [-0.2, 0) is 24.3 Å². The van der Waals surface area contributed by atoms with Crippen LogP contribution in [0.5, 0.6) is 0 Å². The molecule has 1 amide bonds. The molecule has 0 unspecified atom stereocenters. The molecular formula is C27H26ClN3O3. The molecule has 34 heavy (non-hydrogen) atoms. The molecule has 0 bridgehead atoms. The number of rotatable bonds is 8. The number of para-hydroxylation sites is 1. The van der Waals surface area contributed by atoms with Crippen molar-refractivity contribution in [2.75, 3.05) is 0 Å². The summed E-state index contributed by atoms with van der Waals surface area (Å²) < 4.78 is 2.51. The summed E-state index contributed by atoms with van der Waals surface area (Å²) in [6, 6.07) is 23.9. The summed E-state index contributed by atoms with van der Waals surface area (Å²) in [4.78, 5) is 39.3. The molecule has 1 aromatic heterocycles. The van der Waals surface area contributed by atoms with E-state index in [-0.39, 0.29) is 25.0 Å². The number of carbonyl (C=O) groups excluding carboxylic acids is 1. The zero-order chi connectivity index (χ0) is 24.1. The fourth-order valence-corrected chi connectivity index (χ4v) is 4.26. The topological polar surface area (TPSA) is 73.1 Å². The quantitative estimate of drug-likeness (QED) is 0.418. The van der Waals surface area contributed by atoms with Crippen LogP contribution in [0.15, 0.2) is 88.5 Å². The van der Waals surface area contributed by atoms with Gasteiger partial charge in [-0.15, -0.1) is 0 Å². The third-order valence-electron chi connectivity index (χ3n) is 5.78. The van der Waals surface area contributed by atoms with Gasteiger partial charge in [0.1, 0.15) is 6.54 Å². The van der Waals surface area contributed by atoms with Gasteiger partial charge in [0.15, 0.2) is 0 Å². The van der Waals surface area contributed by atoms with E-state index in [1.165, 1.54) is 10.1 Å². The largest absolute Gasteiger partial charge is 0.352 e. The number of hydrogen-bond donors (Lipinski definition) is 1. The van der Waals surface area contributed by atoms with Gasteiger partial charge in [-0.2, -0.15) is 0 Å². The highest BCUT2D eigenvalue weighted by atomic mass is 35.5. The lowest BCUT2D eigenvalue weighted by atomic mass is 10.1. The van der Waals surface area contributed by atoms with Gasteiger partial charge in [-0.05, 0) is 55.2 Å². The summed E-state index contributed by atoms with van der Waals surface area (Å²) >= 11 is 6.08. The van der Waals surface area contributed by atoms with Crippen molar-refractivity contribution in [1.82, 2.24) is 14.5 Å². The highest BCUT2D eigenvalue weighted by Crippen LogP contribution is 2.12. The number of amides is 1. The summed E-state index contributed by atoms with van der Waals surface area (Å²) in [5.74, 6) is -0.277. The lowest BCUT2D eigenvalue weighted by Gasteiger charge is -2.17. The molecule has 0 fully saturated rings. The van der Waals surface area contributed by atoms with E-state index in [1.54, 1.807) is 48.5 Å². The molecule has 3 aromatic carbocycles. The molecule has 0 radical (unpaired) electrons. The Labute approximate surface area is 202 Å². The molecule has 0 saturated carbocycles. The lowest BCUT2D eigenvalue weighted by molar-refractivity contribution is -0.122. The first kappa shape index (κ1) is 23.5. The predicted octanol–water partition coefficient (Wildman–Crippen LogP) is 4.00. The Kier molecular flexibility index (Phi) is 7.28. The first-order valence-electron chi connectivity index (χ1n) is 11.2. The molecule has 1 N–H and O–H groups in total. The Morgan fingerprint density at radius 2 is 1.62 bits per heavy atom. The molecular weight excluding hydrogens is 450 g/mol. The lowest BCUT2D eigenvalue weighted by Crippen LogP contribution is -2.44. The van der Waals surface area contributed by atoms with Gasteiger partial charge >= 0.3 is 5.69 Å². The van der Waals surface area contributed by atoms with Crippen molar-refractivity contribution >= 4 is 28.4 Å². The van der Waals surface area contributed by atoms with Gasteiger partial charge in [0.2, 0.25) is 5.91 Å². The molecule has 4 aromatic rings. The van der Waals surface area contributed by atoms with Crippen LogP contribution >= 0.6 is 11.6 Å². The molecule has 0 spiro atoms. The molecule has 1 heterocycles. The molecule has 0 saturated heterocycles. The number of benzene rings is 3. The van der Waals surface area contributed by atoms with E-state index in [9.17, 15) is 14.4 Å². The molecule has 174 valence electrons. The molecule has 1 atom stereocenters. The van der Waals surface area contributed by atoms with Gasteiger partial charge in [0, 0.05) is 11.1 Å². The second kappa shape index (κ2) is 10.5. The Hall–Kier alpha value is -3.64. The number of carbonyl (C=O) groups is 1. The summed E-state index contributed by atoms with van der Waals surface area (Å²) in [6.07, 6.45) is 1.62.